The maximum Gasteiger partial charge on any atom is 0.269 e. The lowest BCUT2D eigenvalue weighted by Gasteiger charge is -2.23. The van der Waals surface area contributed by atoms with Gasteiger partial charge in [0.05, 0.1) is 11.0 Å². The average molecular weight is 237 g/mol. The van der Waals surface area contributed by atoms with Gasteiger partial charge in [0, 0.05) is 12.1 Å². The predicted octanol–water partition coefficient (Wildman–Crippen LogP) is 2.79. The van der Waals surface area contributed by atoms with E-state index in [1.807, 2.05) is 6.07 Å². The fourth-order valence-electron chi connectivity index (χ4n) is 2.03. The highest BCUT2D eigenvalue weighted by molar-refractivity contribution is 5.34. The third kappa shape index (κ3) is 3.82. The minimum absolute atomic E-state index is 0.107. The summed E-state index contributed by atoms with van der Waals surface area (Å²) >= 11 is 0. The van der Waals surface area contributed by atoms with E-state index in [9.17, 15) is 15.2 Å². The molecule has 0 heterocycles. The lowest BCUT2D eigenvalue weighted by atomic mass is 9.85. The van der Waals surface area contributed by atoms with Gasteiger partial charge in [0.25, 0.3) is 5.69 Å². The fourth-order valence-corrected chi connectivity index (χ4v) is 2.03. The van der Waals surface area contributed by atoms with Gasteiger partial charge in [-0.25, -0.2) is 0 Å². The third-order valence-electron chi connectivity index (χ3n) is 3.07. The Morgan fingerprint density at radius 3 is 2.47 bits per heavy atom. The summed E-state index contributed by atoms with van der Waals surface area (Å²) < 4.78 is 0. The number of benzene rings is 1. The van der Waals surface area contributed by atoms with E-state index in [-0.39, 0.29) is 11.6 Å². The van der Waals surface area contributed by atoms with Crippen molar-refractivity contribution in [3.05, 3.63) is 39.9 Å². The minimum Gasteiger partial charge on any atom is -0.393 e. The van der Waals surface area contributed by atoms with Gasteiger partial charge in [-0.2, -0.15) is 0 Å². The van der Waals surface area contributed by atoms with Crippen LogP contribution in [-0.2, 0) is 6.42 Å². The zero-order chi connectivity index (χ0) is 13.0. The quantitative estimate of drug-likeness (QED) is 0.632. The van der Waals surface area contributed by atoms with Crippen LogP contribution in [0.25, 0.3) is 0 Å². The Morgan fingerprint density at radius 2 is 2.00 bits per heavy atom. The summed E-state index contributed by atoms with van der Waals surface area (Å²) in [5.74, 6) is 0.464. The van der Waals surface area contributed by atoms with Gasteiger partial charge >= 0.3 is 0 Å². The maximum atomic E-state index is 10.7. The zero-order valence-corrected chi connectivity index (χ0v) is 10.5. The first kappa shape index (κ1) is 13.6. The smallest absolute Gasteiger partial charge is 0.269 e. The Bertz CT molecular complexity index is 380. The summed E-state index contributed by atoms with van der Waals surface area (Å²) in [6.07, 6.45) is 0.256. The largest absolute Gasteiger partial charge is 0.393 e. The second-order valence-electron chi connectivity index (χ2n) is 4.78. The molecule has 0 aromatic heterocycles. The summed E-state index contributed by atoms with van der Waals surface area (Å²) in [6, 6.07) is 6.62. The molecule has 2 atom stereocenters. The van der Waals surface area contributed by atoms with Crippen LogP contribution in [0, 0.1) is 22.0 Å². The Hall–Kier alpha value is -1.42. The lowest BCUT2D eigenvalue weighted by molar-refractivity contribution is -0.384. The average Bonchev–Trinajstić information content (AvgIpc) is 2.25. The van der Waals surface area contributed by atoms with Gasteiger partial charge in [-0.3, -0.25) is 10.1 Å². The molecule has 94 valence electrons. The number of nitro benzene ring substituents is 1. The van der Waals surface area contributed by atoms with Crippen LogP contribution in [0.15, 0.2) is 24.3 Å². The molecule has 0 bridgehead atoms. The van der Waals surface area contributed by atoms with Gasteiger partial charge in [-0.1, -0.05) is 26.0 Å². The van der Waals surface area contributed by atoms with Crippen LogP contribution in [0.5, 0.6) is 0 Å². The van der Waals surface area contributed by atoms with Crippen molar-refractivity contribution in [1.29, 1.82) is 0 Å². The van der Waals surface area contributed by atoms with Crippen molar-refractivity contribution >= 4 is 5.69 Å². The van der Waals surface area contributed by atoms with Crippen LogP contribution in [0.3, 0.4) is 0 Å². The van der Waals surface area contributed by atoms with Gasteiger partial charge < -0.3 is 5.11 Å². The summed E-state index contributed by atoms with van der Waals surface area (Å²) in [5.41, 5.74) is 1.01. The van der Waals surface area contributed by atoms with Crippen molar-refractivity contribution < 1.29 is 10.0 Å². The third-order valence-corrected chi connectivity index (χ3v) is 3.07. The van der Waals surface area contributed by atoms with Crippen molar-refractivity contribution in [3.63, 3.8) is 0 Å². The molecule has 0 radical (unpaired) electrons. The summed E-state index contributed by atoms with van der Waals surface area (Å²) in [6.45, 7) is 5.87. The maximum absolute atomic E-state index is 10.7. The zero-order valence-electron chi connectivity index (χ0n) is 10.5. The number of hydrogen-bond donors (Lipinski definition) is 1. The second kappa shape index (κ2) is 5.77. The fraction of sp³-hybridized carbons (Fsp3) is 0.538. The molecule has 0 aliphatic heterocycles. The molecule has 0 saturated carbocycles. The minimum atomic E-state index is -0.408. The van der Waals surface area contributed by atoms with Crippen LogP contribution in [-0.4, -0.2) is 16.1 Å². The van der Waals surface area contributed by atoms with Crippen LogP contribution in [0.4, 0.5) is 5.69 Å². The second-order valence-corrected chi connectivity index (χ2v) is 4.78. The standard InChI is InChI=1S/C13H19NO3/c1-9(2)13(10(3)15)8-11-5-4-6-12(7-11)14(16)17/h4-7,9-10,13,15H,8H2,1-3H3. The summed E-state index contributed by atoms with van der Waals surface area (Å²) in [7, 11) is 0. The Kier molecular flexibility index (Phi) is 4.63. The number of nitro groups is 1. The van der Waals surface area contributed by atoms with Gasteiger partial charge in [-0.15, -0.1) is 0 Å². The van der Waals surface area contributed by atoms with Crippen LogP contribution < -0.4 is 0 Å². The molecule has 1 rings (SSSR count). The van der Waals surface area contributed by atoms with Gasteiger partial charge in [-0.05, 0) is 30.7 Å². The van der Waals surface area contributed by atoms with Crippen molar-refractivity contribution in [3.8, 4) is 0 Å². The Labute approximate surface area is 101 Å². The van der Waals surface area contributed by atoms with E-state index in [1.54, 1.807) is 19.1 Å². The van der Waals surface area contributed by atoms with Crippen LogP contribution in [0.1, 0.15) is 26.3 Å². The van der Waals surface area contributed by atoms with Gasteiger partial charge in [0.2, 0.25) is 0 Å². The summed E-state index contributed by atoms with van der Waals surface area (Å²) in [5, 5.41) is 20.4. The first-order valence-corrected chi connectivity index (χ1v) is 5.83. The van der Waals surface area contributed by atoms with E-state index in [2.05, 4.69) is 13.8 Å². The molecule has 0 spiro atoms. The number of rotatable bonds is 5. The van der Waals surface area contributed by atoms with E-state index in [1.165, 1.54) is 6.07 Å². The molecule has 0 amide bonds. The molecule has 0 aliphatic rings. The molecule has 0 fully saturated rings. The molecule has 0 saturated heterocycles. The van der Waals surface area contributed by atoms with Crippen molar-refractivity contribution in [2.24, 2.45) is 11.8 Å². The van der Waals surface area contributed by atoms with E-state index in [0.29, 0.717) is 12.3 Å². The highest BCUT2D eigenvalue weighted by Gasteiger charge is 2.20. The number of hydrogen-bond acceptors (Lipinski definition) is 3. The normalized spacial score (nSPS) is 14.6. The first-order chi connectivity index (χ1) is 7.91. The van der Waals surface area contributed by atoms with Gasteiger partial charge in [0.15, 0.2) is 0 Å². The molecule has 4 nitrogen and oxygen atoms in total. The van der Waals surface area contributed by atoms with E-state index in [4.69, 9.17) is 0 Å². The molecule has 0 aliphatic carbocycles. The van der Waals surface area contributed by atoms with Crippen LogP contribution in [0.2, 0.25) is 0 Å². The SMILES string of the molecule is CC(C)C(Cc1cccc([N+](=O)[O-])c1)C(C)O. The highest BCUT2D eigenvalue weighted by atomic mass is 16.6. The number of aliphatic hydroxyl groups excluding tert-OH is 1. The molecule has 4 heteroatoms. The van der Waals surface area contributed by atoms with Crippen molar-refractivity contribution in [2.45, 2.75) is 33.3 Å². The first-order valence-electron chi connectivity index (χ1n) is 5.83. The van der Waals surface area contributed by atoms with Gasteiger partial charge in [0.1, 0.15) is 0 Å². The van der Waals surface area contributed by atoms with Crippen molar-refractivity contribution in [1.82, 2.24) is 0 Å². The number of non-ortho nitro benzene ring substituents is 1. The molecular formula is C13H19NO3. The Balaban J connectivity index is 2.86. The molecule has 1 aromatic rings. The van der Waals surface area contributed by atoms with E-state index < -0.39 is 11.0 Å². The van der Waals surface area contributed by atoms with E-state index in [0.717, 1.165) is 5.56 Å². The van der Waals surface area contributed by atoms with Crippen LogP contribution >= 0.6 is 0 Å². The van der Waals surface area contributed by atoms with Crippen molar-refractivity contribution in [2.75, 3.05) is 0 Å². The molecule has 1 aromatic carbocycles. The number of nitrogens with zero attached hydrogens (tertiary/aromatic N) is 1. The lowest BCUT2D eigenvalue weighted by Crippen LogP contribution is -2.24. The molecular weight excluding hydrogens is 218 g/mol. The number of aliphatic hydroxyl groups is 1. The monoisotopic (exact) mass is 237 g/mol. The van der Waals surface area contributed by atoms with E-state index >= 15 is 0 Å². The highest BCUT2D eigenvalue weighted by Crippen LogP contribution is 2.23. The molecule has 2 unspecified atom stereocenters. The topological polar surface area (TPSA) is 63.4 Å². The Morgan fingerprint density at radius 1 is 1.35 bits per heavy atom. The summed E-state index contributed by atoms with van der Waals surface area (Å²) in [4.78, 5) is 10.3. The molecule has 17 heavy (non-hydrogen) atoms. The molecule has 1 N–H and O–H groups in total. The predicted molar refractivity (Wildman–Crippen MR) is 66.8 cm³/mol.